The molecule has 21 heavy (non-hydrogen) atoms. The molecule has 1 heterocycles. The van der Waals surface area contributed by atoms with Crippen molar-refractivity contribution in [1.82, 2.24) is 5.32 Å². The molecule has 1 aromatic carbocycles. The molecule has 2 rings (SSSR count). The first-order chi connectivity index (χ1) is 10.3. The van der Waals surface area contributed by atoms with Crippen molar-refractivity contribution < 1.29 is 9.53 Å². The molecule has 1 atom stereocenters. The Morgan fingerprint density at radius 3 is 2.86 bits per heavy atom. The molecular formula is C17H22N2O2. The lowest BCUT2D eigenvalue weighted by molar-refractivity contribution is -0.121. The van der Waals surface area contributed by atoms with Crippen molar-refractivity contribution >= 4 is 5.91 Å². The minimum Gasteiger partial charge on any atom is -0.378 e. The van der Waals surface area contributed by atoms with Crippen molar-refractivity contribution in [1.29, 1.82) is 0 Å². The van der Waals surface area contributed by atoms with E-state index in [4.69, 9.17) is 10.5 Å². The number of carbonyl (C=O) groups excluding carboxylic acids is 1. The van der Waals surface area contributed by atoms with Gasteiger partial charge in [0, 0.05) is 25.1 Å². The van der Waals surface area contributed by atoms with Gasteiger partial charge in [-0.2, -0.15) is 0 Å². The molecule has 0 aromatic heterocycles. The molecule has 0 bridgehead atoms. The van der Waals surface area contributed by atoms with Crippen LogP contribution in [0.4, 0.5) is 0 Å². The van der Waals surface area contributed by atoms with Crippen LogP contribution in [0.5, 0.6) is 0 Å². The highest BCUT2D eigenvalue weighted by Crippen LogP contribution is 2.16. The average molecular weight is 286 g/mol. The van der Waals surface area contributed by atoms with Gasteiger partial charge in [0.05, 0.1) is 12.6 Å². The van der Waals surface area contributed by atoms with Crippen molar-refractivity contribution in [3.05, 3.63) is 35.4 Å². The zero-order chi connectivity index (χ0) is 14.9. The fourth-order valence-corrected chi connectivity index (χ4v) is 2.31. The van der Waals surface area contributed by atoms with Crippen molar-refractivity contribution in [2.45, 2.75) is 38.3 Å². The second-order valence-corrected chi connectivity index (χ2v) is 5.15. The smallest absolute Gasteiger partial charge is 0.220 e. The first kappa shape index (κ1) is 15.6. The molecule has 1 saturated heterocycles. The predicted octanol–water partition coefficient (Wildman–Crippen LogP) is 1.57. The van der Waals surface area contributed by atoms with Gasteiger partial charge in [-0.1, -0.05) is 24.0 Å². The molecule has 0 saturated carbocycles. The number of amides is 1. The lowest BCUT2D eigenvalue weighted by atomic mass is 10.1. The minimum atomic E-state index is 0.0810. The van der Waals surface area contributed by atoms with E-state index in [1.165, 1.54) is 0 Å². The topological polar surface area (TPSA) is 64.3 Å². The van der Waals surface area contributed by atoms with Crippen LogP contribution in [0.25, 0.3) is 0 Å². The summed E-state index contributed by atoms with van der Waals surface area (Å²) in [6.45, 7) is 1.75. The third kappa shape index (κ3) is 5.58. The molecule has 1 aliphatic heterocycles. The highest BCUT2D eigenvalue weighted by atomic mass is 16.5. The van der Waals surface area contributed by atoms with Crippen LogP contribution in [0, 0.1) is 11.8 Å². The maximum Gasteiger partial charge on any atom is 0.220 e. The van der Waals surface area contributed by atoms with Gasteiger partial charge >= 0.3 is 0 Å². The first-order valence-electron chi connectivity index (χ1n) is 7.44. The highest BCUT2D eigenvalue weighted by molar-refractivity contribution is 5.75. The summed E-state index contributed by atoms with van der Waals surface area (Å²) in [5, 5.41) is 2.94. The molecule has 1 aliphatic rings. The molecule has 0 spiro atoms. The number of rotatable bonds is 5. The summed E-state index contributed by atoms with van der Waals surface area (Å²) in [5.41, 5.74) is 7.34. The number of hydrogen-bond acceptors (Lipinski definition) is 3. The Bertz CT molecular complexity index is 508. The van der Waals surface area contributed by atoms with Gasteiger partial charge in [-0.15, -0.1) is 0 Å². The maximum absolute atomic E-state index is 11.8. The molecular weight excluding hydrogens is 264 g/mol. The SMILES string of the molecule is NCC#Cc1ccc(CNC(=O)CCC2CCCO2)cc1. The van der Waals surface area contributed by atoms with Crippen LogP contribution in [0.1, 0.15) is 36.8 Å². The van der Waals surface area contributed by atoms with Gasteiger partial charge in [0.15, 0.2) is 0 Å². The molecule has 1 aromatic rings. The standard InChI is InChI=1S/C17H22N2O2/c18-11-1-3-14-5-7-15(8-6-14)13-19-17(20)10-9-16-4-2-12-21-16/h5-8,16H,2,4,9-13,18H2,(H,19,20). The molecule has 0 aliphatic carbocycles. The van der Waals surface area contributed by atoms with Crippen LogP contribution < -0.4 is 11.1 Å². The Hall–Kier alpha value is -1.83. The summed E-state index contributed by atoms with van der Waals surface area (Å²) in [6.07, 6.45) is 3.82. The van der Waals surface area contributed by atoms with Gasteiger partial charge in [0.25, 0.3) is 0 Å². The third-order valence-electron chi connectivity index (χ3n) is 3.50. The summed E-state index contributed by atoms with van der Waals surface area (Å²) in [6, 6.07) is 7.83. The van der Waals surface area contributed by atoms with E-state index in [0.717, 1.165) is 37.0 Å². The number of nitrogens with one attached hydrogen (secondary N) is 1. The van der Waals surface area contributed by atoms with Gasteiger partial charge in [0.1, 0.15) is 0 Å². The number of ether oxygens (including phenoxy) is 1. The molecule has 1 unspecified atom stereocenters. The third-order valence-corrected chi connectivity index (χ3v) is 3.50. The van der Waals surface area contributed by atoms with Crippen LogP contribution in [-0.2, 0) is 16.1 Å². The van der Waals surface area contributed by atoms with Gasteiger partial charge in [-0.25, -0.2) is 0 Å². The van der Waals surface area contributed by atoms with E-state index in [1.54, 1.807) is 0 Å². The Kier molecular flexibility index (Phi) is 6.26. The lowest BCUT2D eigenvalue weighted by Crippen LogP contribution is -2.23. The van der Waals surface area contributed by atoms with E-state index in [1.807, 2.05) is 24.3 Å². The summed E-state index contributed by atoms with van der Waals surface area (Å²) >= 11 is 0. The number of carbonyl (C=O) groups is 1. The van der Waals surface area contributed by atoms with Crippen molar-refractivity contribution in [2.75, 3.05) is 13.2 Å². The summed E-state index contributed by atoms with van der Waals surface area (Å²) in [5.74, 6) is 5.87. The molecule has 1 fully saturated rings. The Balaban J connectivity index is 1.70. The number of nitrogens with two attached hydrogens (primary N) is 1. The van der Waals surface area contributed by atoms with E-state index in [9.17, 15) is 4.79 Å². The second kappa shape index (κ2) is 8.46. The molecule has 1 amide bonds. The maximum atomic E-state index is 11.8. The Morgan fingerprint density at radius 1 is 1.38 bits per heavy atom. The Morgan fingerprint density at radius 2 is 2.19 bits per heavy atom. The molecule has 4 heteroatoms. The summed E-state index contributed by atoms with van der Waals surface area (Å²) in [7, 11) is 0. The quantitative estimate of drug-likeness (QED) is 0.808. The van der Waals surface area contributed by atoms with E-state index in [-0.39, 0.29) is 12.0 Å². The molecule has 0 radical (unpaired) electrons. The molecule has 3 N–H and O–H groups in total. The normalized spacial score (nSPS) is 17.1. The first-order valence-corrected chi connectivity index (χ1v) is 7.44. The van der Waals surface area contributed by atoms with Crippen LogP contribution in [0.15, 0.2) is 24.3 Å². The largest absolute Gasteiger partial charge is 0.378 e. The van der Waals surface area contributed by atoms with E-state index in [2.05, 4.69) is 17.2 Å². The zero-order valence-corrected chi connectivity index (χ0v) is 12.2. The average Bonchev–Trinajstić information content (AvgIpc) is 3.03. The van der Waals surface area contributed by atoms with Crippen molar-refractivity contribution in [3.8, 4) is 11.8 Å². The summed E-state index contributed by atoms with van der Waals surface area (Å²) < 4.78 is 5.51. The van der Waals surface area contributed by atoms with Crippen molar-refractivity contribution in [2.24, 2.45) is 5.73 Å². The van der Waals surface area contributed by atoms with Crippen LogP contribution in [-0.4, -0.2) is 25.2 Å². The van der Waals surface area contributed by atoms with E-state index >= 15 is 0 Å². The Labute approximate surface area is 126 Å². The molecule has 112 valence electrons. The number of benzene rings is 1. The zero-order valence-electron chi connectivity index (χ0n) is 12.2. The van der Waals surface area contributed by atoms with E-state index in [0.29, 0.717) is 19.5 Å². The highest BCUT2D eigenvalue weighted by Gasteiger charge is 2.16. The fourth-order valence-electron chi connectivity index (χ4n) is 2.31. The fraction of sp³-hybridized carbons (Fsp3) is 0.471. The number of hydrogen-bond donors (Lipinski definition) is 2. The lowest BCUT2D eigenvalue weighted by Gasteiger charge is -2.09. The minimum absolute atomic E-state index is 0.0810. The van der Waals surface area contributed by atoms with Crippen LogP contribution in [0.2, 0.25) is 0 Å². The van der Waals surface area contributed by atoms with Crippen LogP contribution in [0.3, 0.4) is 0 Å². The second-order valence-electron chi connectivity index (χ2n) is 5.15. The van der Waals surface area contributed by atoms with Gasteiger partial charge in [0.2, 0.25) is 5.91 Å². The monoisotopic (exact) mass is 286 g/mol. The van der Waals surface area contributed by atoms with Gasteiger partial charge in [-0.05, 0) is 37.0 Å². The van der Waals surface area contributed by atoms with Gasteiger partial charge in [-0.3, -0.25) is 4.79 Å². The van der Waals surface area contributed by atoms with Gasteiger partial charge < -0.3 is 15.8 Å². The molecule has 4 nitrogen and oxygen atoms in total. The predicted molar refractivity (Wildman–Crippen MR) is 82.4 cm³/mol. The van der Waals surface area contributed by atoms with Crippen molar-refractivity contribution in [3.63, 3.8) is 0 Å². The van der Waals surface area contributed by atoms with Crippen LogP contribution >= 0.6 is 0 Å². The summed E-state index contributed by atoms with van der Waals surface area (Å²) in [4.78, 5) is 11.8. The van der Waals surface area contributed by atoms with E-state index < -0.39 is 0 Å².